The van der Waals surface area contributed by atoms with E-state index in [0.29, 0.717) is 0 Å². The fraction of sp³-hybridized carbons (Fsp3) is 0.0667. The summed E-state index contributed by atoms with van der Waals surface area (Å²) in [6.07, 6.45) is 5.09. The third-order valence-electron chi connectivity index (χ3n) is 3.00. The Hall–Kier alpha value is -2.49. The molecule has 3 nitrogen and oxygen atoms in total. The molecule has 1 aromatic carbocycles. The molecule has 0 saturated heterocycles. The summed E-state index contributed by atoms with van der Waals surface area (Å²) in [5.41, 5.74) is 2.60. The Bertz CT molecular complexity index is 650. The maximum absolute atomic E-state index is 13.4. The third kappa shape index (κ3) is 2.38. The summed E-state index contributed by atoms with van der Waals surface area (Å²) in [6, 6.07) is 12.3. The molecule has 19 heavy (non-hydrogen) atoms. The van der Waals surface area contributed by atoms with Crippen molar-refractivity contribution in [2.75, 3.05) is 0 Å². The number of hydrogen-bond acceptors (Lipinski definition) is 2. The first-order valence-corrected chi connectivity index (χ1v) is 5.99. The average Bonchev–Trinajstić information content (AvgIpc) is 2.94. The molecule has 3 aromatic rings. The minimum Gasteiger partial charge on any atom is -0.348 e. The van der Waals surface area contributed by atoms with Gasteiger partial charge in [0.25, 0.3) is 0 Å². The second-order valence-corrected chi connectivity index (χ2v) is 4.25. The van der Waals surface area contributed by atoms with Crippen LogP contribution in [0.4, 0.5) is 4.39 Å². The van der Waals surface area contributed by atoms with Gasteiger partial charge in [-0.3, -0.25) is 4.98 Å². The van der Waals surface area contributed by atoms with Gasteiger partial charge in [-0.05, 0) is 29.8 Å². The maximum Gasteiger partial charge on any atom is 0.123 e. The van der Waals surface area contributed by atoms with E-state index in [2.05, 4.69) is 15.0 Å². The predicted octanol–water partition coefficient (Wildman–Crippen LogP) is 3.12. The smallest absolute Gasteiger partial charge is 0.123 e. The van der Waals surface area contributed by atoms with E-state index < -0.39 is 0 Å². The van der Waals surface area contributed by atoms with Gasteiger partial charge in [0.05, 0.1) is 17.9 Å². The van der Waals surface area contributed by atoms with Crippen molar-refractivity contribution in [3.63, 3.8) is 0 Å². The summed E-state index contributed by atoms with van der Waals surface area (Å²) in [5, 5.41) is 0. The number of rotatable bonds is 3. The zero-order valence-corrected chi connectivity index (χ0v) is 10.1. The van der Waals surface area contributed by atoms with E-state index in [1.54, 1.807) is 24.8 Å². The number of benzene rings is 1. The molecule has 2 heterocycles. The van der Waals surface area contributed by atoms with Crippen molar-refractivity contribution in [1.29, 1.82) is 0 Å². The van der Waals surface area contributed by atoms with Crippen LogP contribution >= 0.6 is 0 Å². The number of pyridine rings is 1. The summed E-state index contributed by atoms with van der Waals surface area (Å²) < 4.78 is 13.4. The average molecular weight is 253 g/mol. The Morgan fingerprint density at radius 2 is 2.05 bits per heavy atom. The minimum absolute atomic E-state index is 0.139. The number of aromatic amines is 1. The van der Waals surface area contributed by atoms with Crippen molar-refractivity contribution in [2.24, 2.45) is 0 Å². The zero-order chi connectivity index (χ0) is 13.1. The van der Waals surface area contributed by atoms with E-state index in [0.717, 1.165) is 17.0 Å². The van der Waals surface area contributed by atoms with Crippen LogP contribution in [0.2, 0.25) is 0 Å². The van der Waals surface area contributed by atoms with Gasteiger partial charge in [0.2, 0.25) is 0 Å². The van der Waals surface area contributed by atoms with Crippen LogP contribution in [0.25, 0.3) is 0 Å². The monoisotopic (exact) mass is 253 g/mol. The lowest BCUT2D eigenvalue weighted by Gasteiger charge is -2.15. The van der Waals surface area contributed by atoms with Crippen LogP contribution in [-0.2, 0) is 0 Å². The van der Waals surface area contributed by atoms with E-state index in [-0.39, 0.29) is 11.7 Å². The van der Waals surface area contributed by atoms with Crippen molar-refractivity contribution >= 4 is 0 Å². The number of nitrogens with one attached hydrogen (secondary N) is 1. The molecule has 1 atom stereocenters. The first kappa shape index (κ1) is 11.6. The summed E-state index contributed by atoms with van der Waals surface area (Å²) in [6.45, 7) is 0. The van der Waals surface area contributed by atoms with Gasteiger partial charge in [-0.1, -0.05) is 18.2 Å². The molecule has 94 valence electrons. The van der Waals surface area contributed by atoms with Crippen LogP contribution in [0.5, 0.6) is 0 Å². The lowest BCUT2D eigenvalue weighted by Crippen LogP contribution is -2.06. The van der Waals surface area contributed by atoms with E-state index >= 15 is 0 Å². The largest absolute Gasteiger partial charge is 0.348 e. The van der Waals surface area contributed by atoms with Crippen LogP contribution in [0.1, 0.15) is 22.9 Å². The number of hydrogen-bond donors (Lipinski definition) is 1. The van der Waals surface area contributed by atoms with Crippen molar-refractivity contribution in [2.45, 2.75) is 5.92 Å². The SMILES string of the molecule is Fc1cccc(C(c2ccccn2)c2cnc[nH]2)c1. The van der Waals surface area contributed by atoms with Gasteiger partial charge in [0.15, 0.2) is 0 Å². The highest BCUT2D eigenvalue weighted by Gasteiger charge is 2.19. The van der Waals surface area contributed by atoms with Crippen LogP contribution in [0, 0.1) is 5.82 Å². The van der Waals surface area contributed by atoms with Gasteiger partial charge in [-0.25, -0.2) is 9.37 Å². The Balaban J connectivity index is 2.12. The van der Waals surface area contributed by atoms with E-state index in [4.69, 9.17) is 0 Å². The quantitative estimate of drug-likeness (QED) is 0.779. The third-order valence-corrected chi connectivity index (χ3v) is 3.00. The Kier molecular flexibility index (Phi) is 3.06. The highest BCUT2D eigenvalue weighted by Crippen LogP contribution is 2.29. The van der Waals surface area contributed by atoms with E-state index in [1.165, 1.54) is 12.1 Å². The number of halogens is 1. The molecule has 0 bridgehead atoms. The summed E-state index contributed by atoms with van der Waals surface area (Å²) >= 11 is 0. The molecule has 1 N–H and O–H groups in total. The predicted molar refractivity (Wildman–Crippen MR) is 70.2 cm³/mol. The first-order valence-electron chi connectivity index (χ1n) is 5.99. The molecule has 0 spiro atoms. The lowest BCUT2D eigenvalue weighted by atomic mass is 9.92. The number of nitrogens with zero attached hydrogens (tertiary/aromatic N) is 2. The van der Waals surface area contributed by atoms with Crippen LogP contribution in [0.3, 0.4) is 0 Å². The molecule has 0 fully saturated rings. The summed E-state index contributed by atoms with van der Waals surface area (Å²) in [5.74, 6) is -0.391. The molecule has 1 unspecified atom stereocenters. The van der Waals surface area contributed by atoms with Gasteiger partial charge in [-0.15, -0.1) is 0 Å². The highest BCUT2D eigenvalue weighted by atomic mass is 19.1. The van der Waals surface area contributed by atoms with Gasteiger partial charge in [0.1, 0.15) is 5.82 Å². The normalized spacial score (nSPS) is 12.3. The molecular weight excluding hydrogens is 241 g/mol. The molecule has 2 aromatic heterocycles. The Morgan fingerprint density at radius 3 is 2.74 bits per heavy atom. The molecule has 0 aliphatic carbocycles. The van der Waals surface area contributed by atoms with Crippen LogP contribution < -0.4 is 0 Å². The van der Waals surface area contributed by atoms with Crippen LogP contribution in [-0.4, -0.2) is 15.0 Å². The number of imidazole rings is 1. The van der Waals surface area contributed by atoms with Gasteiger partial charge < -0.3 is 4.98 Å². The topological polar surface area (TPSA) is 41.6 Å². The molecule has 3 rings (SSSR count). The highest BCUT2D eigenvalue weighted by molar-refractivity contribution is 5.36. The minimum atomic E-state index is -0.252. The van der Waals surface area contributed by atoms with Gasteiger partial charge >= 0.3 is 0 Å². The fourth-order valence-electron chi connectivity index (χ4n) is 2.17. The van der Waals surface area contributed by atoms with Crippen LogP contribution in [0.15, 0.2) is 61.2 Å². The van der Waals surface area contributed by atoms with E-state index in [1.807, 2.05) is 24.3 Å². The van der Waals surface area contributed by atoms with Gasteiger partial charge in [-0.2, -0.15) is 0 Å². The van der Waals surface area contributed by atoms with E-state index in [9.17, 15) is 4.39 Å². The molecule has 0 amide bonds. The van der Waals surface area contributed by atoms with Crippen molar-refractivity contribution in [1.82, 2.24) is 15.0 Å². The molecular formula is C15H12FN3. The zero-order valence-electron chi connectivity index (χ0n) is 10.1. The number of H-pyrrole nitrogens is 1. The maximum atomic E-state index is 13.4. The van der Waals surface area contributed by atoms with Gasteiger partial charge in [0, 0.05) is 18.1 Å². The fourth-order valence-corrected chi connectivity index (χ4v) is 2.17. The standard InChI is InChI=1S/C15H12FN3/c16-12-5-3-4-11(8-12)15(14-9-17-10-19-14)13-6-1-2-7-18-13/h1-10,15H,(H,17,19). The second kappa shape index (κ2) is 5.02. The van der Waals surface area contributed by atoms with Crippen molar-refractivity contribution < 1.29 is 4.39 Å². The molecule has 0 radical (unpaired) electrons. The summed E-state index contributed by atoms with van der Waals surface area (Å²) in [4.78, 5) is 11.5. The first-order chi connectivity index (χ1) is 9.34. The van der Waals surface area contributed by atoms with Crippen molar-refractivity contribution in [3.05, 3.63) is 84.0 Å². The molecule has 0 aliphatic heterocycles. The van der Waals surface area contributed by atoms with Crippen molar-refractivity contribution in [3.8, 4) is 0 Å². The number of aromatic nitrogens is 3. The second-order valence-electron chi connectivity index (χ2n) is 4.25. The molecule has 4 heteroatoms. The summed E-state index contributed by atoms with van der Waals surface area (Å²) in [7, 11) is 0. The Labute approximate surface area is 110 Å². The Morgan fingerprint density at radius 1 is 1.11 bits per heavy atom. The molecule has 0 aliphatic rings. The lowest BCUT2D eigenvalue weighted by molar-refractivity contribution is 0.624. The molecule has 0 saturated carbocycles.